The first kappa shape index (κ1) is 16.1. The molecule has 0 atom stereocenters. The molecular formula is C11H15BrN4O4S. The summed E-state index contributed by atoms with van der Waals surface area (Å²) in [6.45, 7) is 0.526. The van der Waals surface area contributed by atoms with Crippen LogP contribution in [0.15, 0.2) is 17.0 Å². The van der Waals surface area contributed by atoms with Crippen molar-refractivity contribution in [2.45, 2.75) is 12.8 Å². The summed E-state index contributed by atoms with van der Waals surface area (Å²) in [6, 6.07) is 0. The smallest absolute Gasteiger partial charge is 0.308 e. The van der Waals surface area contributed by atoms with Crippen LogP contribution in [0, 0.1) is 5.92 Å². The maximum atomic E-state index is 12.2. The number of carbonyl (C=O) groups is 1. The molecule has 0 unspecified atom stereocenters. The van der Waals surface area contributed by atoms with Gasteiger partial charge in [0.1, 0.15) is 4.60 Å². The van der Waals surface area contributed by atoms with Crippen LogP contribution in [0.3, 0.4) is 0 Å². The van der Waals surface area contributed by atoms with Crippen molar-refractivity contribution in [2.24, 2.45) is 5.92 Å². The Labute approximate surface area is 131 Å². The predicted molar refractivity (Wildman–Crippen MR) is 78.6 cm³/mol. The molecule has 0 amide bonds. The number of hydrogen-bond acceptors (Lipinski definition) is 6. The average Bonchev–Trinajstić information content (AvgIpc) is 2.49. The molecule has 1 fully saturated rings. The van der Waals surface area contributed by atoms with E-state index in [0.717, 1.165) is 0 Å². The molecule has 1 N–H and O–H groups in total. The number of anilines is 1. The van der Waals surface area contributed by atoms with E-state index in [2.05, 4.69) is 35.4 Å². The van der Waals surface area contributed by atoms with Crippen LogP contribution in [-0.2, 0) is 19.7 Å². The molecule has 21 heavy (non-hydrogen) atoms. The third kappa shape index (κ3) is 4.11. The van der Waals surface area contributed by atoms with Gasteiger partial charge < -0.3 is 4.74 Å². The zero-order chi connectivity index (χ0) is 15.5. The van der Waals surface area contributed by atoms with Crippen molar-refractivity contribution in [3.05, 3.63) is 17.0 Å². The van der Waals surface area contributed by atoms with Gasteiger partial charge in [0.05, 0.1) is 25.4 Å². The maximum absolute atomic E-state index is 12.2. The van der Waals surface area contributed by atoms with E-state index in [-0.39, 0.29) is 30.8 Å². The first-order chi connectivity index (χ1) is 9.92. The second-order valence-electron chi connectivity index (χ2n) is 4.53. The molecule has 10 heteroatoms. The van der Waals surface area contributed by atoms with Gasteiger partial charge in [-0.05, 0) is 28.8 Å². The molecule has 2 heterocycles. The summed E-state index contributed by atoms with van der Waals surface area (Å²) >= 11 is 3.12. The van der Waals surface area contributed by atoms with Crippen molar-refractivity contribution in [3.63, 3.8) is 0 Å². The number of methoxy groups -OCH3 is 1. The lowest BCUT2D eigenvalue weighted by Gasteiger charge is -2.29. The number of nitrogens with zero attached hydrogens (tertiary/aromatic N) is 3. The topological polar surface area (TPSA) is 101 Å². The van der Waals surface area contributed by atoms with Gasteiger partial charge in [-0.3, -0.25) is 9.52 Å². The number of rotatable bonds is 4. The molecule has 0 spiro atoms. The highest BCUT2D eigenvalue weighted by atomic mass is 79.9. The van der Waals surface area contributed by atoms with Gasteiger partial charge in [-0.1, -0.05) is 0 Å². The summed E-state index contributed by atoms with van der Waals surface area (Å²) in [4.78, 5) is 19.2. The lowest BCUT2D eigenvalue weighted by Crippen LogP contribution is -2.43. The molecule has 116 valence electrons. The predicted octanol–water partition coefficient (Wildman–Crippen LogP) is 0.781. The third-order valence-electron chi connectivity index (χ3n) is 3.18. The van der Waals surface area contributed by atoms with E-state index in [9.17, 15) is 13.2 Å². The summed E-state index contributed by atoms with van der Waals surface area (Å²) in [5, 5.41) is 0. The highest BCUT2D eigenvalue weighted by molar-refractivity contribution is 9.10. The zero-order valence-electron chi connectivity index (χ0n) is 11.3. The second-order valence-corrected chi connectivity index (χ2v) is 7.01. The van der Waals surface area contributed by atoms with Gasteiger partial charge in [0.15, 0.2) is 5.82 Å². The molecule has 2 rings (SSSR count). The Hall–Kier alpha value is -1.26. The van der Waals surface area contributed by atoms with E-state index >= 15 is 0 Å². The van der Waals surface area contributed by atoms with Crippen molar-refractivity contribution in [1.29, 1.82) is 0 Å². The largest absolute Gasteiger partial charge is 0.469 e. The SMILES string of the molecule is COC(=O)C1CCN(S(=O)(=O)Nc2cnc(Br)cn2)CC1. The monoisotopic (exact) mass is 378 g/mol. The molecule has 0 aliphatic carbocycles. The standard InChI is InChI=1S/C11H15BrN4O4S/c1-20-11(17)8-2-4-16(5-3-8)21(18,19)15-10-7-13-9(12)6-14-10/h6-8H,2-5H2,1H3,(H,14,15). The van der Waals surface area contributed by atoms with E-state index in [0.29, 0.717) is 17.4 Å². The maximum Gasteiger partial charge on any atom is 0.308 e. The first-order valence-corrected chi connectivity index (χ1v) is 8.49. The molecule has 1 aromatic rings. The Bertz CT molecular complexity index is 599. The molecule has 1 aliphatic heterocycles. The molecule has 0 aromatic carbocycles. The van der Waals surface area contributed by atoms with Crippen LogP contribution >= 0.6 is 15.9 Å². The number of ether oxygens (including phenoxy) is 1. The fourth-order valence-corrected chi connectivity index (χ4v) is 3.46. The number of esters is 1. The van der Waals surface area contributed by atoms with Crippen molar-refractivity contribution < 1.29 is 17.9 Å². The number of aromatic nitrogens is 2. The summed E-state index contributed by atoms with van der Waals surface area (Å²) in [6.07, 6.45) is 3.61. The van der Waals surface area contributed by atoms with E-state index in [1.54, 1.807) is 0 Å². The molecule has 1 saturated heterocycles. The number of halogens is 1. The number of nitrogens with one attached hydrogen (secondary N) is 1. The fourth-order valence-electron chi connectivity index (χ4n) is 2.06. The Kier molecular flexibility index (Phi) is 5.12. The summed E-state index contributed by atoms with van der Waals surface area (Å²) in [5.41, 5.74) is 0. The van der Waals surface area contributed by atoms with Gasteiger partial charge in [-0.2, -0.15) is 12.7 Å². The lowest BCUT2D eigenvalue weighted by molar-refractivity contribution is -0.146. The minimum Gasteiger partial charge on any atom is -0.469 e. The van der Waals surface area contributed by atoms with Gasteiger partial charge in [0.25, 0.3) is 0 Å². The van der Waals surface area contributed by atoms with Crippen molar-refractivity contribution in [1.82, 2.24) is 14.3 Å². The normalized spacial score (nSPS) is 17.4. The quantitative estimate of drug-likeness (QED) is 0.776. The fraction of sp³-hybridized carbons (Fsp3) is 0.545. The second kappa shape index (κ2) is 6.67. The first-order valence-electron chi connectivity index (χ1n) is 6.25. The molecular weight excluding hydrogens is 364 g/mol. The van der Waals surface area contributed by atoms with Crippen LogP contribution in [0.5, 0.6) is 0 Å². The molecule has 0 saturated carbocycles. The molecule has 0 radical (unpaired) electrons. The van der Waals surface area contributed by atoms with Gasteiger partial charge >= 0.3 is 16.2 Å². The van der Waals surface area contributed by atoms with E-state index in [1.807, 2.05) is 0 Å². The summed E-state index contributed by atoms with van der Waals surface area (Å²) in [5.74, 6) is -0.388. The minimum absolute atomic E-state index is 0.147. The molecule has 0 bridgehead atoms. The minimum atomic E-state index is -3.69. The van der Waals surface area contributed by atoms with Gasteiger partial charge in [0.2, 0.25) is 0 Å². The Balaban J connectivity index is 1.98. The van der Waals surface area contributed by atoms with Gasteiger partial charge in [-0.15, -0.1) is 0 Å². The van der Waals surface area contributed by atoms with Crippen LogP contribution in [0.1, 0.15) is 12.8 Å². The van der Waals surface area contributed by atoms with E-state index in [4.69, 9.17) is 0 Å². The van der Waals surface area contributed by atoms with Gasteiger partial charge in [0, 0.05) is 13.1 Å². The number of carbonyl (C=O) groups excluding carboxylic acids is 1. The van der Waals surface area contributed by atoms with Gasteiger partial charge in [-0.25, -0.2) is 9.97 Å². The molecule has 8 nitrogen and oxygen atoms in total. The molecule has 1 aliphatic rings. The summed E-state index contributed by atoms with van der Waals surface area (Å²) in [7, 11) is -2.36. The van der Waals surface area contributed by atoms with Crippen molar-refractivity contribution in [2.75, 3.05) is 24.9 Å². The van der Waals surface area contributed by atoms with E-state index < -0.39 is 10.2 Å². The summed E-state index contributed by atoms with van der Waals surface area (Å²) < 4.78 is 33.2. The Morgan fingerprint density at radius 3 is 2.57 bits per heavy atom. The molecule has 1 aromatic heterocycles. The Morgan fingerprint density at radius 1 is 1.38 bits per heavy atom. The van der Waals surface area contributed by atoms with Crippen LogP contribution in [0.25, 0.3) is 0 Å². The highest BCUT2D eigenvalue weighted by Crippen LogP contribution is 2.21. The average molecular weight is 379 g/mol. The van der Waals surface area contributed by atoms with Crippen molar-refractivity contribution in [3.8, 4) is 0 Å². The van der Waals surface area contributed by atoms with Crippen LogP contribution in [0.2, 0.25) is 0 Å². The highest BCUT2D eigenvalue weighted by Gasteiger charge is 2.31. The van der Waals surface area contributed by atoms with E-state index in [1.165, 1.54) is 23.8 Å². The van der Waals surface area contributed by atoms with Crippen LogP contribution in [0.4, 0.5) is 5.82 Å². The number of piperidine rings is 1. The Morgan fingerprint density at radius 2 is 2.05 bits per heavy atom. The third-order valence-corrected chi connectivity index (χ3v) is 5.10. The van der Waals surface area contributed by atoms with Crippen molar-refractivity contribution >= 4 is 37.9 Å². The zero-order valence-corrected chi connectivity index (χ0v) is 13.7. The van der Waals surface area contributed by atoms with Crippen LogP contribution in [-0.4, -0.2) is 48.9 Å². The lowest BCUT2D eigenvalue weighted by atomic mass is 9.99. The number of hydrogen-bond donors (Lipinski definition) is 1. The van der Waals surface area contributed by atoms with Crippen LogP contribution < -0.4 is 4.72 Å².